The molecule has 24 heavy (non-hydrogen) atoms. The summed E-state index contributed by atoms with van der Waals surface area (Å²) in [5, 5.41) is 0. The fraction of sp³-hybridized carbons (Fsp3) is 0.200. The van der Waals surface area contributed by atoms with Crippen LogP contribution < -0.4 is 0 Å². The summed E-state index contributed by atoms with van der Waals surface area (Å²) in [6.45, 7) is 6.35. The van der Waals surface area contributed by atoms with Gasteiger partial charge < -0.3 is 4.57 Å². The van der Waals surface area contributed by atoms with Crippen molar-refractivity contribution >= 4 is 29.3 Å². The van der Waals surface area contributed by atoms with Gasteiger partial charge in [-0.1, -0.05) is 13.0 Å². The van der Waals surface area contributed by atoms with Gasteiger partial charge in [-0.2, -0.15) is 0 Å². The van der Waals surface area contributed by atoms with Gasteiger partial charge in [0.1, 0.15) is 0 Å². The molecule has 0 amide bonds. The summed E-state index contributed by atoms with van der Waals surface area (Å²) < 4.78 is 2.01. The number of aryl methyl sites for hydroxylation is 2. The first-order valence-electron chi connectivity index (χ1n) is 7.98. The minimum atomic E-state index is 0.779. The lowest BCUT2D eigenvalue weighted by molar-refractivity contribution is 0.112. The predicted molar refractivity (Wildman–Crippen MR) is 101 cm³/mol. The normalized spacial score (nSPS) is 11.7. The molecule has 0 spiro atoms. The van der Waals surface area contributed by atoms with Crippen LogP contribution in [-0.2, 0) is 0 Å². The van der Waals surface area contributed by atoms with Gasteiger partial charge in [0.2, 0.25) is 0 Å². The molecule has 0 radical (unpaired) electrons. The molecule has 2 heterocycles. The SMILES string of the molecule is CC/C(=C\c1sc(C=O)cc1C)c1ccc(-n2ccnc2)cc1C. The van der Waals surface area contributed by atoms with Crippen molar-refractivity contribution in [1.82, 2.24) is 9.55 Å². The molecule has 0 saturated heterocycles. The van der Waals surface area contributed by atoms with Gasteiger partial charge in [0.25, 0.3) is 0 Å². The topological polar surface area (TPSA) is 34.9 Å². The largest absolute Gasteiger partial charge is 0.306 e. The van der Waals surface area contributed by atoms with Crippen LogP contribution in [0.4, 0.5) is 0 Å². The Morgan fingerprint density at radius 3 is 2.67 bits per heavy atom. The average Bonchev–Trinajstić information content (AvgIpc) is 3.23. The number of benzene rings is 1. The highest BCUT2D eigenvalue weighted by Gasteiger charge is 2.09. The molecule has 0 atom stereocenters. The molecule has 3 nitrogen and oxygen atoms in total. The quantitative estimate of drug-likeness (QED) is 0.592. The Morgan fingerprint density at radius 2 is 2.08 bits per heavy atom. The molecule has 0 fully saturated rings. The van der Waals surface area contributed by atoms with E-state index in [1.165, 1.54) is 16.7 Å². The second kappa shape index (κ2) is 6.97. The van der Waals surface area contributed by atoms with Gasteiger partial charge in [0.15, 0.2) is 6.29 Å². The van der Waals surface area contributed by atoms with E-state index in [1.54, 1.807) is 23.9 Å². The summed E-state index contributed by atoms with van der Waals surface area (Å²) in [4.78, 5) is 17.0. The molecule has 1 aromatic carbocycles. The van der Waals surface area contributed by atoms with E-state index < -0.39 is 0 Å². The minimum absolute atomic E-state index is 0.779. The van der Waals surface area contributed by atoms with Crippen molar-refractivity contribution in [3.8, 4) is 5.69 Å². The van der Waals surface area contributed by atoms with Gasteiger partial charge in [-0.15, -0.1) is 11.3 Å². The fourth-order valence-electron chi connectivity index (χ4n) is 2.83. The molecule has 3 rings (SSSR count). The van der Waals surface area contributed by atoms with Crippen LogP contribution in [0.15, 0.2) is 43.0 Å². The molecule has 2 aromatic heterocycles. The highest BCUT2D eigenvalue weighted by Crippen LogP contribution is 2.30. The molecule has 122 valence electrons. The van der Waals surface area contributed by atoms with Gasteiger partial charge in [-0.05, 0) is 66.8 Å². The number of thiophene rings is 1. The number of aldehydes is 1. The molecule has 0 aliphatic rings. The minimum Gasteiger partial charge on any atom is -0.306 e. The fourth-order valence-corrected chi connectivity index (χ4v) is 3.79. The number of hydrogen-bond acceptors (Lipinski definition) is 3. The lowest BCUT2D eigenvalue weighted by Crippen LogP contribution is -1.94. The molecule has 0 bridgehead atoms. The third-order valence-corrected chi connectivity index (χ3v) is 5.25. The smallest absolute Gasteiger partial charge is 0.160 e. The number of hydrogen-bond donors (Lipinski definition) is 0. The number of allylic oxidation sites excluding steroid dienone is 1. The number of nitrogens with zero attached hydrogens (tertiary/aromatic N) is 2. The van der Waals surface area contributed by atoms with Crippen molar-refractivity contribution in [1.29, 1.82) is 0 Å². The summed E-state index contributed by atoms with van der Waals surface area (Å²) in [5.74, 6) is 0. The summed E-state index contributed by atoms with van der Waals surface area (Å²) in [6, 6.07) is 8.42. The van der Waals surface area contributed by atoms with Gasteiger partial charge in [0, 0.05) is 23.0 Å². The van der Waals surface area contributed by atoms with Crippen LogP contribution in [0.25, 0.3) is 17.3 Å². The molecular formula is C20H20N2OS. The van der Waals surface area contributed by atoms with Crippen molar-refractivity contribution in [2.75, 3.05) is 0 Å². The summed E-state index contributed by atoms with van der Waals surface area (Å²) >= 11 is 1.55. The third kappa shape index (κ3) is 3.24. The maximum absolute atomic E-state index is 11.0. The first-order chi connectivity index (χ1) is 11.6. The van der Waals surface area contributed by atoms with Crippen molar-refractivity contribution in [2.24, 2.45) is 0 Å². The molecular weight excluding hydrogens is 316 g/mol. The Balaban J connectivity index is 2.00. The summed E-state index contributed by atoms with van der Waals surface area (Å²) in [7, 11) is 0. The Morgan fingerprint density at radius 1 is 1.25 bits per heavy atom. The molecule has 3 aromatic rings. The first kappa shape index (κ1) is 16.4. The number of imidazole rings is 1. The molecule has 0 saturated carbocycles. The predicted octanol–water partition coefficient (Wildman–Crippen LogP) is 5.31. The van der Waals surface area contributed by atoms with Gasteiger partial charge >= 0.3 is 0 Å². The van der Waals surface area contributed by atoms with E-state index in [0.717, 1.165) is 33.7 Å². The number of carbonyl (C=O) groups excluding carboxylic acids is 1. The molecule has 4 heteroatoms. The molecule has 0 N–H and O–H groups in total. The molecule has 0 aliphatic carbocycles. The van der Waals surface area contributed by atoms with Crippen molar-refractivity contribution < 1.29 is 4.79 Å². The highest BCUT2D eigenvalue weighted by molar-refractivity contribution is 7.14. The maximum Gasteiger partial charge on any atom is 0.160 e. The van der Waals surface area contributed by atoms with Gasteiger partial charge in [0.05, 0.1) is 11.2 Å². The summed E-state index contributed by atoms with van der Waals surface area (Å²) in [6.07, 6.45) is 9.61. The Labute approximate surface area is 146 Å². The standard InChI is InChI=1S/C20H20N2OS/c1-4-16(11-20-15(3)10-18(12-23)24-20)19-6-5-17(9-14(19)2)22-8-7-21-13-22/h5-13H,4H2,1-3H3/b16-11+. The Kier molecular flexibility index (Phi) is 4.76. The van der Waals surface area contributed by atoms with Crippen molar-refractivity contribution in [3.05, 3.63) is 69.4 Å². The molecule has 0 aliphatic heterocycles. The second-order valence-electron chi connectivity index (χ2n) is 5.81. The van der Waals surface area contributed by atoms with Crippen molar-refractivity contribution in [3.63, 3.8) is 0 Å². The number of rotatable bonds is 5. The van der Waals surface area contributed by atoms with Crippen LogP contribution >= 0.6 is 11.3 Å². The van der Waals surface area contributed by atoms with Crippen molar-refractivity contribution in [2.45, 2.75) is 27.2 Å². The zero-order valence-corrected chi connectivity index (χ0v) is 14.9. The van der Waals surface area contributed by atoms with Crippen LogP contribution in [0.5, 0.6) is 0 Å². The number of carbonyl (C=O) groups is 1. The van der Waals surface area contributed by atoms with Crippen LogP contribution in [0.1, 0.15) is 44.6 Å². The van der Waals surface area contributed by atoms with Crippen LogP contribution in [0, 0.1) is 13.8 Å². The zero-order chi connectivity index (χ0) is 17.1. The van der Waals surface area contributed by atoms with Gasteiger partial charge in [-0.25, -0.2) is 4.98 Å². The van der Waals surface area contributed by atoms with Crippen LogP contribution in [-0.4, -0.2) is 15.8 Å². The highest BCUT2D eigenvalue weighted by atomic mass is 32.1. The van der Waals surface area contributed by atoms with E-state index in [-0.39, 0.29) is 0 Å². The van der Waals surface area contributed by atoms with Gasteiger partial charge in [-0.3, -0.25) is 4.79 Å². The van der Waals surface area contributed by atoms with Crippen LogP contribution in [0.2, 0.25) is 0 Å². The van der Waals surface area contributed by atoms with E-state index in [0.29, 0.717) is 0 Å². The summed E-state index contributed by atoms with van der Waals surface area (Å²) in [5.41, 5.74) is 6.04. The van der Waals surface area contributed by atoms with E-state index in [1.807, 2.05) is 16.8 Å². The monoisotopic (exact) mass is 336 g/mol. The lowest BCUT2D eigenvalue weighted by atomic mass is 9.97. The van der Waals surface area contributed by atoms with E-state index in [4.69, 9.17) is 0 Å². The van der Waals surface area contributed by atoms with E-state index >= 15 is 0 Å². The first-order valence-corrected chi connectivity index (χ1v) is 8.79. The second-order valence-corrected chi connectivity index (χ2v) is 6.92. The third-order valence-electron chi connectivity index (χ3n) is 4.14. The zero-order valence-electron chi connectivity index (χ0n) is 14.1. The van der Waals surface area contributed by atoms with E-state index in [9.17, 15) is 4.79 Å². The Hall–Kier alpha value is -2.46. The van der Waals surface area contributed by atoms with E-state index in [2.05, 4.69) is 50.0 Å². The Bertz CT molecular complexity index is 889. The average molecular weight is 336 g/mol. The molecule has 0 unspecified atom stereocenters. The maximum atomic E-state index is 11.0. The number of aromatic nitrogens is 2. The van der Waals surface area contributed by atoms with Crippen LogP contribution in [0.3, 0.4) is 0 Å². The lowest BCUT2D eigenvalue weighted by Gasteiger charge is -2.12.